The maximum Gasteiger partial charge on any atom is 0.414 e. The van der Waals surface area contributed by atoms with Crippen molar-refractivity contribution in [3.63, 3.8) is 0 Å². The molecule has 0 bridgehead atoms. The van der Waals surface area contributed by atoms with Crippen LogP contribution in [-0.2, 0) is 17.1 Å². The number of carbonyl (C=O) groups is 1. The Hall–Kier alpha value is -2.47. The van der Waals surface area contributed by atoms with Crippen molar-refractivity contribution in [1.82, 2.24) is 5.32 Å². The van der Waals surface area contributed by atoms with E-state index in [-0.39, 0.29) is 17.5 Å². The second-order valence-electron chi connectivity index (χ2n) is 10.1. The number of alkyl halides is 2. The monoisotopic (exact) mass is 428 g/mol. The fraction of sp³-hybridized carbons (Fsp3) is 0.480. The third-order valence-corrected chi connectivity index (χ3v) is 6.20. The molecule has 0 radical (unpaired) electrons. The second-order valence-corrected chi connectivity index (χ2v) is 10.1. The molecule has 0 saturated heterocycles. The molecule has 2 aliphatic heterocycles. The molecule has 2 aromatic rings. The lowest BCUT2D eigenvalue weighted by molar-refractivity contribution is -0.101. The lowest BCUT2D eigenvalue weighted by Crippen LogP contribution is -2.60. The van der Waals surface area contributed by atoms with Crippen molar-refractivity contribution in [3.8, 4) is 0 Å². The van der Waals surface area contributed by atoms with Gasteiger partial charge in [0.2, 0.25) is 0 Å². The van der Waals surface area contributed by atoms with Crippen LogP contribution in [0.4, 0.5) is 19.3 Å². The number of anilines is 1. The van der Waals surface area contributed by atoms with E-state index in [4.69, 9.17) is 4.74 Å². The number of hydrogen-bond donors (Lipinski definition) is 1. The molecule has 0 saturated carbocycles. The molecule has 0 aromatic heterocycles. The lowest BCUT2D eigenvalue weighted by Gasteiger charge is -2.48. The Bertz CT molecular complexity index is 997. The molecule has 0 aliphatic carbocycles. The molecule has 2 unspecified atom stereocenters. The van der Waals surface area contributed by atoms with Gasteiger partial charge in [-0.1, -0.05) is 42.5 Å². The van der Waals surface area contributed by atoms with Gasteiger partial charge in [-0.25, -0.2) is 4.79 Å². The highest BCUT2D eigenvalue weighted by Gasteiger charge is 2.55. The summed E-state index contributed by atoms with van der Waals surface area (Å²) in [6, 6.07) is 14.2. The quantitative estimate of drug-likeness (QED) is 0.623. The Kier molecular flexibility index (Phi) is 5.12. The van der Waals surface area contributed by atoms with Crippen LogP contribution in [0.2, 0.25) is 0 Å². The number of carbonyl (C=O) groups excluding carboxylic acids is 1. The molecule has 2 aliphatic rings. The summed E-state index contributed by atoms with van der Waals surface area (Å²) in [5.74, 6) is -3.09. The summed E-state index contributed by atoms with van der Waals surface area (Å²) in [4.78, 5) is 14.7. The van der Waals surface area contributed by atoms with Crippen molar-refractivity contribution in [3.05, 3.63) is 65.2 Å². The second kappa shape index (κ2) is 7.30. The van der Waals surface area contributed by atoms with E-state index in [2.05, 4.69) is 5.32 Å². The molecule has 2 heterocycles. The number of nitrogens with one attached hydrogen (secondary N) is 1. The Morgan fingerprint density at radius 2 is 1.74 bits per heavy atom. The minimum atomic E-state index is -3.00. The normalized spacial score (nSPS) is 24.2. The number of amides is 1. The highest BCUT2D eigenvalue weighted by Crippen LogP contribution is 2.49. The SMILES string of the molecule is CC(C)(C)OC(=O)N1CC(C2NC(C)(C)C(F)(F)c3ccccc32)Cc2ccccc21. The van der Waals surface area contributed by atoms with Crippen molar-refractivity contribution < 1.29 is 18.3 Å². The van der Waals surface area contributed by atoms with Crippen molar-refractivity contribution >= 4 is 11.8 Å². The summed E-state index contributed by atoms with van der Waals surface area (Å²) in [5, 5.41) is 3.22. The number of hydrogen-bond acceptors (Lipinski definition) is 3. The first-order valence-electron chi connectivity index (χ1n) is 10.7. The molecular weight excluding hydrogens is 398 g/mol. The van der Waals surface area contributed by atoms with Crippen molar-refractivity contribution in [2.75, 3.05) is 11.4 Å². The average molecular weight is 429 g/mol. The summed E-state index contributed by atoms with van der Waals surface area (Å²) in [6.45, 7) is 8.97. The topological polar surface area (TPSA) is 41.6 Å². The van der Waals surface area contributed by atoms with Crippen LogP contribution in [0.3, 0.4) is 0 Å². The van der Waals surface area contributed by atoms with E-state index in [1.54, 1.807) is 36.9 Å². The van der Waals surface area contributed by atoms with Gasteiger partial charge in [-0.15, -0.1) is 0 Å². The van der Waals surface area contributed by atoms with Gasteiger partial charge in [0.05, 0.1) is 11.2 Å². The number of ether oxygens (including phenoxy) is 1. The maximum atomic E-state index is 15.2. The summed E-state index contributed by atoms with van der Waals surface area (Å²) in [6.07, 6.45) is 0.265. The van der Waals surface area contributed by atoms with Gasteiger partial charge in [0.15, 0.2) is 0 Å². The summed E-state index contributed by atoms with van der Waals surface area (Å²) >= 11 is 0. The van der Waals surface area contributed by atoms with Gasteiger partial charge in [-0.3, -0.25) is 10.2 Å². The molecule has 2 aromatic carbocycles. The van der Waals surface area contributed by atoms with Crippen molar-refractivity contribution in [1.29, 1.82) is 0 Å². The molecule has 6 heteroatoms. The molecule has 166 valence electrons. The number of nitrogens with zero attached hydrogens (tertiary/aromatic N) is 1. The Morgan fingerprint density at radius 3 is 2.45 bits per heavy atom. The van der Waals surface area contributed by atoms with Crippen LogP contribution in [0.15, 0.2) is 48.5 Å². The zero-order valence-corrected chi connectivity index (χ0v) is 18.7. The number of fused-ring (bicyclic) bond motifs is 2. The fourth-order valence-corrected chi connectivity index (χ4v) is 4.66. The standard InChI is InChI=1S/C25H30F2N2O2/c1-23(2,3)31-22(30)29-15-17(14-16-10-6-9-13-20(16)29)21-18-11-7-8-12-19(18)25(26,27)24(4,5)28-21/h6-13,17,21,28H,14-15H2,1-5H3. The number of rotatable bonds is 1. The smallest absolute Gasteiger partial charge is 0.414 e. The highest BCUT2D eigenvalue weighted by molar-refractivity contribution is 5.89. The number of benzene rings is 2. The molecule has 2 atom stereocenters. The van der Waals surface area contributed by atoms with Gasteiger partial charge in [-0.05, 0) is 58.2 Å². The van der Waals surface area contributed by atoms with Gasteiger partial charge >= 0.3 is 6.09 Å². The van der Waals surface area contributed by atoms with E-state index in [0.717, 1.165) is 11.3 Å². The van der Waals surface area contributed by atoms with E-state index in [1.165, 1.54) is 6.07 Å². The van der Waals surface area contributed by atoms with Crippen molar-refractivity contribution in [2.45, 2.75) is 64.1 Å². The predicted molar refractivity (Wildman–Crippen MR) is 118 cm³/mol. The Balaban J connectivity index is 1.74. The number of halogens is 2. The van der Waals surface area contributed by atoms with Gasteiger partial charge in [0, 0.05) is 24.1 Å². The lowest BCUT2D eigenvalue weighted by atomic mass is 9.74. The van der Waals surface area contributed by atoms with Crippen LogP contribution in [0, 0.1) is 5.92 Å². The first kappa shape index (κ1) is 21.8. The predicted octanol–water partition coefficient (Wildman–Crippen LogP) is 5.82. The average Bonchev–Trinajstić information content (AvgIpc) is 2.69. The summed E-state index contributed by atoms with van der Waals surface area (Å²) in [7, 11) is 0. The molecule has 4 nitrogen and oxygen atoms in total. The summed E-state index contributed by atoms with van der Waals surface area (Å²) in [5.41, 5.74) is 0.450. The molecule has 1 amide bonds. The van der Waals surface area contributed by atoms with Crippen LogP contribution < -0.4 is 10.2 Å². The van der Waals surface area contributed by atoms with Crippen LogP contribution in [-0.4, -0.2) is 23.8 Å². The minimum Gasteiger partial charge on any atom is -0.443 e. The highest BCUT2D eigenvalue weighted by atomic mass is 19.3. The molecule has 0 spiro atoms. The Morgan fingerprint density at radius 1 is 1.10 bits per heavy atom. The molecule has 0 fully saturated rings. The van der Waals surface area contributed by atoms with Gasteiger partial charge < -0.3 is 4.74 Å². The van der Waals surface area contributed by atoms with Crippen LogP contribution in [0.5, 0.6) is 0 Å². The van der Waals surface area contributed by atoms with Crippen LogP contribution in [0.1, 0.15) is 57.4 Å². The van der Waals surface area contributed by atoms with Crippen LogP contribution in [0.25, 0.3) is 0 Å². The van der Waals surface area contributed by atoms with E-state index in [1.807, 2.05) is 45.0 Å². The zero-order chi connectivity index (χ0) is 22.6. The maximum absolute atomic E-state index is 15.2. The van der Waals surface area contributed by atoms with Crippen molar-refractivity contribution in [2.24, 2.45) is 5.92 Å². The van der Waals surface area contributed by atoms with Gasteiger partial charge in [0.25, 0.3) is 5.92 Å². The number of para-hydroxylation sites is 1. The van der Waals surface area contributed by atoms with E-state index in [9.17, 15) is 4.79 Å². The largest absolute Gasteiger partial charge is 0.443 e. The molecule has 4 rings (SSSR count). The molecule has 1 N–H and O–H groups in total. The third kappa shape index (κ3) is 3.82. The molecule has 31 heavy (non-hydrogen) atoms. The van der Waals surface area contributed by atoms with Crippen LogP contribution >= 0.6 is 0 Å². The minimum absolute atomic E-state index is 0.0615. The third-order valence-electron chi connectivity index (χ3n) is 6.20. The first-order chi connectivity index (χ1) is 14.4. The van der Waals surface area contributed by atoms with Gasteiger partial charge in [-0.2, -0.15) is 8.78 Å². The fourth-order valence-electron chi connectivity index (χ4n) is 4.66. The zero-order valence-electron chi connectivity index (χ0n) is 18.7. The van der Waals surface area contributed by atoms with Gasteiger partial charge in [0.1, 0.15) is 5.60 Å². The summed E-state index contributed by atoms with van der Waals surface area (Å²) < 4.78 is 36.1. The molecular formula is C25H30F2N2O2. The first-order valence-corrected chi connectivity index (χ1v) is 10.7. The van der Waals surface area contributed by atoms with E-state index >= 15 is 8.78 Å². The van der Waals surface area contributed by atoms with E-state index in [0.29, 0.717) is 18.5 Å². The van der Waals surface area contributed by atoms with E-state index < -0.39 is 23.2 Å². The Labute approximate surface area is 182 Å².